The lowest BCUT2D eigenvalue weighted by Crippen LogP contribution is -2.36. The molecule has 2 N–H and O–H groups in total. The zero-order valence-electron chi connectivity index (χ0n) is 11.6. The first-order chi connectivity index (χ1) is 9.19. The smallest absolute Gasteiger partial charge is 0.337 e. The zero-order valence-corrected chi connectivity index (χ0v) is 13.1. The largest absolute Gasteiger partial charge is 0.478 e. The Hall–Kier alpha value is -1.11. The number of aromatic carboxylic acids is 1. The molecule has 5 nitrogen and oxygen atoms in total. The number of hydrogen-bond donors (Lipinski definition) is 2. The number of carbonyl (C=O) groups is 1. The van der Waals surface area contributed by atoms with Gasteiger partial charge < -0.3 is 5.11 Å². The van der Waals surface area contributed by atoms with Crippen LogP contribution in [0.1, 0.15) is 37.6 Å². The van der Waals surface area contributed by atoms with E-state index >= 15 is 0 Å². The second-order valence-electron chi connectivity index (χ2n) is 4.74. The number of carboxylic acid groups (broad SMARTS) is 1. The fourth-order valence-corrected chi connectivity index (χ4v) is 3.19. The Morgan fingerprint density at radius 2 is 2.00 bits per heavy atom. The summed E-state index contributed by atoms with van der Waals surface area (Å²) in [7, 11) is -3.76. The van der Waals surface area contributed by atoms with Crippen LogP contribution in [0.3, 0.4) is 0 Å². The van der Waals surface area contributed by atoms with Gasteiger partial charge in [-0.15, -0.1) is 0 Å². The number of benzene rings is 1. The Kier molecular flexibility index (Phi) is 5.56. The number of sulfonamides is 1. The van der Waals surface area contributed by atoms with Crippen molar-refractivity contribution in [3.05, 3.63) is 28.8 Å². The summed E-state index contributed by atoms with van der Waals surface area (Å²) in [4.78, 5) is 10.9. The highest BCUT2D eigenvalue weighted by Gasteiger charge is 2.22. The van der Waals surface area contributed by atoms with Gasteiger partial charge in [0.05, 0.1) is 15.5 Å². The Morgan fingerprint density at radius 1 is 1.40 bits per heavy atom. The van der Waals surface area contributed by atoms with Crippen molar-refractivity contribution in [1.29, 1.82) is 0 Å². The molecule has 0 amide bonds. The van der Waals surface area contributed by atoms with E-state index in [9.17, 15) is 13.2 Å². The summed E-state index contributed by atoms with van der Waals surface area (Å²) < 4.78 is 26.9. The molecular weight excluding hydrogens is 302 g/mol. The van der Waals surface area contributed by atoms with Gasteiger partial charge in [0.25, 0.3) is 0 Å². The Balaban J connectivity index is 3.10. The number of nitrogens with one attached hydrogen (secondary N) is 1. The summed E-state index contributed by atoms with van der Waals surface area (Å²) in [5.74, 6) is -1.09. The Bertz CT molecular complexity index is 600. The van der Waals surface area contributed by atoms with E-state index in [0.717, 1.165) is 12.5 Å². The van der Waals surface area contributed by atoms with Crippen molar-refractivity contribution >= 4 is 27.6 Å². The van der Waals surface area contributed by atoms with Crippen LogP contribution in [0.25, 0.3) is 0 Å². The van der Waals surface area contributed by atoms with E-state index in [1.54, 1.807) is 6.92 Å². The fourth-order valence-electron chi connectivity index (χ4n) is 1.62. The van der Waals surface area contributed by atoms with Crippen LogP contribution in [0.4, 0.5) is 0 Å². The van der Waals surface area contributed by atoms with Crippen molar-refractivity contribution in [2.24, 2.45) is 5.92 Å². The monoisotopic (exact) mass is 319 g/mol. The van der Waals surface area contributed by atoms with Crippen LogP contribution in [0, 0.1) is 5.92 Å². The molecule has 1 aromatic rings. The van der Waals surface area contributed by atoms with Crippen LogP contribution in [0.15, 0.2) is 23.1 Å². The number of rotatable bonds is 6. The third-order valence-electron chi connectivity index (χ3n) is 3.32. The Labute approximate surface area is 124 Å². The van der Waals surface area contributed by atoms with Crippen LogP contribution in [-0.4, -0.2) is 25.5 Å². The first-order valence-electron chi connectivity index (χ1n) is 6.24. The summed E-state index contributed by atoms with van der Waals surface area (Å²) in [6.07, 6.45) is 0.838. The van der Waals surface area contributed by atoms with Gasteiger partial charge in [0.15, 0.2) is 0 Å². The second-order valence-corrected chi connectivity index (χ2v) is 6.86. The highest BCUT2D eigenvalue weighted by atomic mass is 35.5. The van der Waals surface area contributed by atoms with Crippen LogP contribution in [0.2, 0.25) is 5.02 Å². The van der Waals surface area contributed by atoms with E-state index in [1.807, 2.05) is 13.8 Å². The van der Waals surface area contributed by atoms with Gasteiger partial charge in [-0.05, 0) is 31.0 Å². The van der Waals surface area contributed by atoms with Gasteiger partial charge in [0.2, 0.25) is 10.0 Å². The molecule has 2 unspecified atom stereocenters. The van der Waals surface area contributed by atoms with Crippen molar-refractivity contribution < 1.29 is 18.3 Å². The maximum absolute atomic E-state index is 12.2. The third kappa shape index (κ3) is 3.94. The van der Waals surface area contributed by atoms with Crippen molar-refractivity contribution in [2.45, 2.75) is 38.1 Å². The molecule has 2 atom stereocenters. The van der Waals surface area contributed by atoms with Gasteiger partial charge in [-0.1, -0.05) is 31.9 Å². The van der Waals surface area contributed by atoms with Gasteiger partial charge >= 0.3 is 5.97 Å². The van der Waals surface area contributed by atoms with Crippen molar-refractivity contribution in [3.8, 4) is 0 Å². The lowest BCUT2D eigenvalue weighted by molar-refractivity contribution is 0.0697. The molecule has 20 heavy (non-hydrogen) atoms. The first kappa shape index (κ1) is 16.9. The van der Waals surface area contributed by atoms with Gasteiger partial charge in [-0.25, -0.2) is 17.9 Å². The van der Waals surface area contributed by atoms with Gasteiger partial charge in [0.1, 0.15) is 0 Å². The van der Waals surface area contributed by atoms with E-state index in [2.05, 4.69) is 4.72 Å². The van der Waals surface area contributed by atoms with Gasteiger partial charge in [0, 0.05) is 6.04 Å². The number of hydrogen-bond acceptors (Lipinski definition) is 3. The second kappa shape index (κ2) is 6.56. The molecule has 0 aliphatic heterocycles. The molecular formula is C13H18ClNO4S. The minimum atomic E-state index is -3.76. The number of carboxylic acids is 1. The highest BCUT2D eigenvalue weighted by Crippen LogP contribution is 2.21. The minimum absolute atomic E-state index is 0.00595. The topological polar surface area (TPSA) is 83.5 Å². The molecule has 1 rings (SSSR count). The average molecular weight is 320 g/mol. The van der Waals surface area contributed by atoms with Crippen molar-refractivity contribution in [2.75, 3.05) is 0 Å². The molecule has 0 aliphatic rings. The fraction of sp³-hybridized carbons (Fsp3) is 0.462. The molecule has 0 heterocycles. The minimum Gasteiger partial charge on any atom is -0.478 e. The molecule has 0 radical (unpaired) electrons. The summed E-state index contributed by atoms with van der Waals surface area (Å²) in [5, 5.41) is 8.97. The molecule has 0 aromatic heterocycles. The maximum atomic E-state index is 12.2. The molecule has 1 aromatic carbocycles. The SMILES string of the molecule is CCC(C)C(C)NS(=O)(=O)c1ccc(Cl)c(C(=O)O)c1. The van der Waals surface area contributed by atoms with Crippen LogP contribution in [0.5, 0.6) is 0 Å². The summed E-state index contributed by atoms with van der Waals surface area (Å²) >= 11 is 5.72. The normalized spacial score (nSPS) is 14.8. The molecule has 0 bridgehead atoms. The van der Waals surface area contributed by atoms with E-state index in [-0.39, 0.29) is 27.4 Å². The summed E-state index contributed by atoms with van der Waals surface area (Å²) in [5.41, 5.74) is -0.231. The molecule has 0 saturated carbocycles. The first-order valence-corrected chi connectivity index (χ1v) is 8.10. The standard InChI is InChI=1S/C13H18ClNO4S/c1-4-8(2)9(3)15-20(18,19)10-5-6-12(14)11(7-10)13(16)17/h5-9,15H,4H2,1-3H3,(H,16,17). The van der Waals surface area contributed by atoms with E-state index in [1.165, 1.54) is 12.1 Å². The van der Waals surface area contributed by atoms with E-state index < -0.39 is 16.0 Å². The van der Waals surface area contributed by atoms with Crippen molar-refractivity contribution in [1.82, 2.24) is 4.72 Å². The predicted molar refractivity (Wildman–Crippen MR) is 77.6 cm³/mol. The molecule has 7 heteroatoms. The van der Waals surface area contributed by atoms with Crippen LogP contribution >= 0.6 is 11.6 Å². The lowest BCUT2D eigenvalue weighted by atomic mass is 10.0. The van der Waals surface area contributed by atoms with Crippen LogP contribution in [-0.2, 0) is 10.0 Å². The van der Waals surface area contributed by atoms with Crippen molar-refractivity contribution in [3.63, 3.8) is 0 Å². The zero-order chi connectivity index (χ0) is 15.5. The van der Waals surface area contributed by atoms with E-state index in [4.69, 9.17) is 16.7 Å². The quantitative estimate of drug-likeness (QED) is 0.844. The lowest BCUT2D eigenvalue weighted by Gasteiger charge is -2.20. The number of halogens is 1. The molecule has 0 saturated heterocycles. The van der Waals surface area contributed by atoms with Crippen LogP contribution < -0.4 is 4.72 Å². The molecule has 112 valence electrons. The molecule has 0 aliphatic carbocycles. The summed E-state index contributed by atoms with van der Waals surface area (Å²) in [6.45, 7) is 5.69. The summed E-state index contributed by atoms with van der Waals surface area (Å²) in [6, 6.07) is 3.39. The Morgan fingerprint density at radius 3 is 2.50 bits per heavy atom. The maximum Gasteiger partial charge on any atom is 0.337 e. The third-order valence-corrected chi connectivity index (χ3v) is 5.20. The predicted octanol–water partition coefficient (Wildman–Crippen LogP) is 2.75. The highest BCUT2D eigenvalue weighted by molar-refractivity contribution is 7.89. The molecule has 0 spiro atoms. The molecule has 0 fully saturated rings. The average Bonchev–Trinajstić information content (AvgIpc) is 2.36. The van der Waals surface area contributed by atoms with Gasteiger partial charge in [-0.3, -0.25) is 0 Å². The van der Waals surface area contributed by atoms with E-state index in [0.29, 0.717) is 0 Å². The van der Waals surface area contributed by atoms with Gasteiger partial charge in [-0.2, -0.15) is 0 Å².